The van der Waals surface area contributed by atoms with Crippen LogP contribution < -0.4 is 0 Å². The molecule has 5 aliphatic carbocycles. The molecule has 6 atom stereocenters. The number of ketones is 3. The van der Waals surface area contributed by atoms with E-state index >= 15 is 0 Å². The first-order valence-electron chi connectivity index (χ1n) is 11.9. The highest BCUT2D eigenvalue weighted by atomic mass is 16.1. The van der Waals surface area contributed by atoms with Crippen LogP contribution in [-0.4, -0.2) is 17.3 Å². The van der Waals surface area contributed by atoms with E-state index in [2.05, 4.69) is 34.6 Å². The summed E-state index contributed by atoms with van der Waals surface area (Å²) in [6.45, 7) is 13.3. The van der Waals surface area contributed by atoms with E-state index in [9.17, 15) is 14.4 Å². The third kappa shape index (κ3) is 2.20. The van der Waals surface area contributed by atoms with Crippen molar-refractivity contribution in [3.63, 3.8) is 0 Å². The van der Waals surface area contributed by atoms with Gasteiger partial charge in [-0.2, -0.15) is 0 Å². The molecule has 3 nitrogen and oxygen atoms in total. The van der Waals surface area contributed by atoms with Crippen LogP contribution in [0.1, 0.15) is 86.5 Å². The first kappa shape index (κ1) is 20.4. The molecule has 0 saturated heterocycles. The lowest BCUT2D eigenvalue weighted by molar-refractivity contribution is -0.186. The van der Waals surface area contributed by atoms with Crippen LogP contribution in [0.3, 0.4) is 0 Å². The fourth-order valence-corrected chi connectivity index (χ4v) is 9.43. The minimum Gasteiger partial charge on any atom is -0.299 e. The van der Waals surface area contributed by atoms with Crippen molar-refractivity contribution < 1.29 is 14.4 Å². The van der Waals surface area contributed by atoms with Gasteiger partial charge in [0.15, 0.2) is 11.6 Å². The molecule has 0 aromatic carbocycles. The van der Waals surface area contributed by atoms with E-state index in [-0.39, 0.29) is 33.2 Å². The second-order valence-corrected chi connectivity index (χ2v) is 12.4. The van der Waals surface area contributed by atoms with Gasteiger partial charge in [-0.3, -0.25) is 14.4 Å². The van der Waals surface area contributed by atoms with E-state index in [0.717, 1.165) is 49.7 Å². The number of allylic oxidation sites excluding steroid dienone is 4. The predicted octanol–water partition coefficient (Wildman–Crippen LogP) is 5.63. The first-order chi connectivity index (χ1) is 13.9. The van der Waals surface area contributed by atoms with Gasteiger partial charge in [-0.15, -0.1) is 0 Å². The molecule has 0 N–H and O–H groups in total. The lowest BCUT2D eigenvalue weighted by Crippen LogP contribution is -2.62. The molecule has 0 aliphatic heterocycles. The van der Waals surface area contributed by atoms with Crippen LogP contribution in [0.5, 0.6) is 0 Å². The Bertz CT molecular complexity index is 949. The normalized spacial score (nSPS) is 47.3. The topological polar surface area (TPSA) is 51.2 Å². The average molecular weight is 409 g/mol. The molecule has 5 rings (SSSR count). The summed E-state index contributed by atoms with van der Waals surface area (Å²) >= 11 is 0. The second kappa shape index (κ2) is 5.84. The van der Waals surface area contributed by atoms with Crippen LogP contribution in [0.2, 0.25) is 0 Å². The zero-order valence-corrected chi connectivity index (χ0v) is 19.5. The number of rotatable bonds is 0. The van der Waals surface area contributed by atoms with Crippen LogP contribution in [0.4, 0.5) is 0 Å². The predicted molar refractivity (Wildman–Crippen MR) is 117 cm³/mol. The van der Waals surface area contributed by atoms with Gasteiger partial charge in [-0.05, 0) is 80.1 Å². The second-order valence-electron chi connectivity index (χ2n) is 12.4. The zero-order valence-electron chi connectivity index (χ0n) is 19.5. The van der Waals surface area contributed by atoms with E-state index in [1.54, 1.807) is 13.0 Å². The number of carbonyl (C=O) groups is 3. The Morgan fingerprint density at radius 2 is 1.47 bits per heavy atom. The molecule has 162 valence electrons. The average Bonchev–Trinajstić information content (AvgIpc) is 2.98. The molecule has 6 unspecified atom stereocenters. The fraction of sp³-hybridized carbons (Fsp3) is 0.741. The zero-order chi connectivity index (χ0) is 21.9. The molecule has 0 radical (unpaired) electrons. The van der Waals surface area contributed by atoms with Crippen molar-refractivity contribution in [3.05, 3.63) is 22.8 Å². The molecule has 3 heteroatoms. The highest BCUT2D eigenvalue weighted by Crippen LogP contribution is 2.73. The van der Waals surface area contributed by atoms with Crippen molar-refractivity contribution in [2.45, 2.75) is 86.5 Å². The highest BCUT2D eigenvalue weighted by molar-refractivity contribution is 6.23. The van der Waals surface area contributed by atoms with Crippen LogP contribution in [0.15, 0.2) is 22.8 Å². The molecular formula is C27H36O3. The smallest absolute Gasteiger partial charge is 0.185 e. The minimum atomic E-state index is -0.241. The van der Waals surface area contributed by atoms with Gasteiger partial charge in [-0.1, -0.05) is 34.6 Å². The fourth-order valence-electron chi connectivity index (χ4n) is 9.43. The molecule has 0 aromatic rings. The van der Waals surface area contributed by atoms with Gasteiger partial charge in [0, 0.05) is 34.0 Å². The standard InChI is InChI=1S/C27H36O3/c1-15-13-17(28)22-16(23(15)30)14-20-26(5)10-7-18-24(2,3)21(29)9-12-25(18,4)19(26)8-11-27(20,22)6/h13,18-20H,7-12,14H2,1-6H3. The summed E-state index contributed by atoms with van der Waals surface area (Å²) in [6.07, 6.45) is 8.30. The van der Waals surface area contributed by atoms with Crippen molar-refractivity contribution in [1.29, 1.82) is 0 Å². The Morgan fingerprint density at radius 3 is 2.17 bits per heavy atom. The Hall–Kier alpha value is -1.51. The highest BCUT2D eigenvalue weighted by Gasteiger charge is 2.67. The summed E-state index contributed by atoms with van der Waals surface area (Å²) in [7, 11) is 0. The first-order valence-corrected chi connectivity index (χ1v) is 11.9. The molecule has 0 spiro atoms. The molecule has 0 bridgehead atoms. The number of hydrogen-bond donors (Lipinski definition) is 0. The Labute approximate surface area is 180 Å². The van der Waals surface area contributed by atoms with Gasteiger partial charge < -0.3 is 0 Å². The van der Waals surface area contributed by atoms with Gasteiger partial charge in [-0.25, -0.2) is 0 Å². The number of Topliss-reactive ketones (excluding diaryl/α,β-unsaturated/α-hetero) is 2. The minimum absolute atomic E-state index is 0.0819. The summed E-state index contributed by atoms with van der Waals surface area (Å²) in [5.74, 6) is 1.95. The molecular weight excluding hydrogens is 372 g/mol. The lowest BCUT2D eigenvalue weighted by Gasteiger charge is -2.67. The SMILES string of the molecule is CC1=CC(=O)C2=C(CC3C2(C)CCC2C4(C)CCC(=O)C(C)(C)C4CCC32C)C1=O. The molecule has 0 amide bonds. The summed E-state index contributed by atoms with van der Waals surface area (Å²) in [6, 6.07) is 0. The summed E-state index contributed by atoms with van der Waals surface area (Å²) < 4.78 is 0. The van der Waals surface area contributed by atoms with Crippen LogP contribution in [-0.2, 0) is 14.4 Å². The monoisotopic (exact) mass is 408 g/mol. The van der Waals surface area contributed by atoms with Gasteiger partial charge in [0.1, 0.15) is 5.78 Å². The lowest BCUT2D eigenvalue weighted by atomic mass is 9.37. The van der Waals surface area contributed by atoms with Crippen LogP contribution in [0.25, 0.3) is 0 Å². The van der Waals surface area contributed by atoms with E-state index in [1.807, 2.05) is 0 Å². The maximum absolute atomic E-state index is 13.0. The maximum atomic E-state index is 13.0. The Balaban J connectivity index is 1.57. The molecule has 30 heavy (non-hydrogen) atoms. The van der Waals surface area contributed by atoms with E-state index in [0.29, 0.717) is 35.5 Å². The van der Waals surface area contributed by atoms with Gasteiger partial charge in [0.05, 0.1) is 0 Å². The van der Waals surface area contributed by atoms with Crippen molar-refractivity contribution in [2.75, 3.05) is 0 Å². The molecule has 0 aromatic heterocycles. The molecule has 5 aliphatic rings. The molecule has 3 saturated carbocycles. The quantitative estimate of drug-likeness (QED) is 0.488. The van der Waals surface area contributed by atoms with Gasteiger partial charge >= 0.3 is 0 Å². The Kier molecular flexibility index (Phi) is 3.97. The van der Waals surface area contributed by atoms with Crippen molar-refractivity contribution in [2.24, 2.45) is 39.4 Å². The summed E-state index contributed by atoms with van der Waals surface area (Å²) in [5.41, 5.74) is 2.11. The number of carbonyl (C=O) groups excluding carboxylic acids is 3. The molecule has 0 heterocycles. The summed E-state index contributed by atoms with van der Waals surface area (Å²) in [5, 5.41) is 0. The van der Waals surface area contributed by atoms with Crippen molar-refractivity contribution in [1.82, 2.24) is 0 Å². The van der Waals surface area contributed by atoms with Crippen LogP contribution >= 0.6 is 0 Å². The van der Waals surface area contributed by atoms with Gasteiger partial charge in [0.2, 0.25) is 0 Å². The third-order valence-electron chi connectivity index (χ3n) is 10.9. The van der Waals surface area contributed by atoms with Crippen LogP contribution in [0, 0.1) is 39.4 Å². The summed E-state index contributed by atoms with van der Waals surface area (Å²) in [4.78, 5) is 38.8. The van der Waals surface area contributed by atoms with E-state index in [4.69, 9.17) is 0 Å². The van der Waals surface area contributed by atoms with Gasteiger partial charge in [0.25, 0.3) is 0 Å². The Morgan fingerprint density at radius 1 is 0.833 bits per heavy atom. The van der Waals surface area contributed by atoms with E-state index in [1.165, 1.54) is 0 Å². The third-order valence-corrected chi connectivity index (χ3v) is 10.9. The maximum Gasteiger partial charge on any atom is 0.185 e. The van der Waals surface area contributed by atoms with Crippen molar-refractivity contribution in [3.8, 4) is 0 Å². The largest absolute Gasteiger partial charge is 0.299 e. The number of hydrogen-bond acceptors (Lipinski definition) is 3. The van der Waals surface area contributed by atoms with Crippen molar-refractivity contribution >= 4 is 17.3 Å². The number of fused-ring (bicyclic) bond motifs is 6. The molecule has 3 fully saturated rings. The van der Waals surface area contributed by atoms with E-state index < -0.39 is 0 Å².